The summed E-state index contributed by atoms with van der Waals surface area (Å²) in [6, 6.07) is 2.46. The van der Waals surface area contributed by atoms with E-state index < -0.39 is 11.7 Å². The lowest BCUT2D eigenvalue weighted by Gasteiger charge is -2.21. The van der Waals surface area contributed by atoms with Crippen LogP contribution in [-0.4, -0.2) is 17.1 Å². The summed E-state index contributed by atoms with van der Waals surface area (Å²) in [5, 5.41) is 3.29. The van der Waals surface area contributed by atoms with E-state index in [1.165, 1.54) is 6.07 Å². The molecule has 0 fully saturated rings. The van der Waals surface area contributed by atoms with Crippen molar-refractivity contribution in [1.29, 1.82) is 0 Å². The van der Waals surface area contributed by atoms with Crippen LogP contribution in [-0.2, 0) is 6.18 Å². The van der Waals surface area contributed by atoms with Gasteiger partial charge in [-0.05, 0) is 45.4 Å². The van der Waals surface area contributed by atoms with Gasteiger partial charge in [-0.15, -0.1) is 0 Å². The highest BCUT2D eigenvalue weighted by molar-refractivity contribution is 5.63. The van der Waals surface area contributed by atoms with E-state index in [9.17, 15) is 13.2 Å². The van der Waals surface area contributed by atoms with Crippen LogP contribution in [0.25, 0.3) is 5.57 Å². The summed E-state index contributed by atoms with van der Waals surface area (Å²) in [6.45, 7) is 8.50. The Morgan fingerprint density at radius 3 is 2.26 bits per heavy atom. The predicted molar refractivity (Wildman–Crippen MR) is 70.6 cm³/mol. The van der Waals surface area contributed by atoms with Gasteiger partial charge in [-0.25, -0.2) is 0 Å². The lowest BCUT2D eigenvalue weighted by Crippen LogP contribution is -2.36. The second-order valence-electron chi connectivity index (χ2n) is 5.35. The van der Waals surface area contributed by atoms with E-state index in [-0.39, 0.29) is 5.54 Å². The molecule has 0 spiro atoms. The normalized spacial score (nSPS) is 13.7. The van der Waals surface area contributed by atoms with Crippen LogP contribution < -0.4 is 5.32 Å². The third-order valence-corrected chi connectivity index (χ3v) is 2.58. The van der Waals surface area contributed by atoms with Crippen molar-refractivity contribution in [1.82, 2.24) is 10.3 Å². The van der Waals surface area contributed by atoms with Crippen molar-refractivity contribution in [3.8, 4) is 0 Å². The zero-order chi connectivity index (χ0) is 14.7. The van der Waals surface area contributed by atoms with Gasteiger partial charge in [-0.1, -0.05) is 6.08 Å². The second-order valence-corrected chi connectivity index (χ2v) is 5.35. The van der Waals surface area contributed by atoms with E-state index in [0.717, 1.165) is 17.8 Å². The molecule has 1 rings (SSSR count). The Bertz CT molecular complexity index is 439. The fourth-order valence-corrected chi connectivity index (χ4v) is 1.45. The molecule has 1 aromatic heterocycles. The Hall–Kier alpha value is -1.36. The van der Waals surface area contributed by atoms with Crippen LogP contribution in [0.3, 0.4) is 0 Å². The Morgan fingerprint density at radius 2 is 1.89 bits per heavy atom. The average Bonchev–Trinajstić information content (AvgIpc) is 2.28. The zero-order valence-electron chi connectivity index (χ0n) is 11.6. The minimum atomic E-state index is -4.34. The molecular weight excluding hydrogens is 253 g/mol. The van der Waals surface area contributed by atoms with Crippen molar-refractivity contribution in [3.05, 3.63) is 35.7 Å². The number of halogens is 3. The Balaban J connectivity index is 2.84. The first-order valence-corrected chi connectivity index (χ1v) is 6.07. The van der Waals surface area contributed by atoms with Gasteiger partial charge in [0.2, 0.25) is 0 Å². The van der Waals surface area contributed by atoms with Gasteiger partial charge in [0.05, 0.1) is 11.3 Å². The summed E-state index contributed by atoms with van der Waals surface area (Å²) in [6.07, 6.45) is -1.62. The molecule has 0 aliphatic carbocycles. The Labute approximate surface area is 111 Å². The van der Waals surface area contributed by atoms with Crippen LogP contribution in [0.1, 0.15) is 39.0 Å². The maximum Gasteiger partial charge on any atom is 0.417 e. The highest BCUT2D eigenvalue weighted by Crippen LogP contribution is 2.29. The van der Waals surface area contributed by atoms with Crippen LogP contribution in [0.4, 0.5) is 13.2 Å². The molecule has 0 radical (unpaired) electrons. The maximum atomic E-state index is 12.4. The van der Waals surface area contributed by atoms with Crippen molar-refractivity contribution in [2.75, 3.05) is 6.54 Å². The number of hydrogen-bond acceptors (Lipinski definition) is 2. The summed E-state index contributed by atoms with van der Waals surface area (Å²) in [4.78, 5) is 3.89. The molecule has 1 aromatic rings. The van der Waals surface area contributed by atoms with Crippen molar-refractivity contribution in [2.24, 2.45) is 0 Å². The molecule has 1 N–H and O–H groups in total. The smallest absolute Gasteiger partial charge is 0.308 e. The quantitative estimate of drug-likeness (QED) is 0.903. The first-order valence-electron chi connectivity index (χ1n) is 6.07. The van der Waals surface area contributed by atoms with Crippen molar-refractivity contribution in [3.63, 3.8) is 0 Å². The molecular formula is C14H19F3N2. The molecule has 19 heavy (non-hydrogen) atoms. The van der Waals surface area contributed by atoms with E-state index >= 15 is 0 Å². The summed E-state index contributed by atoms with van der Waals surface area (Å²) < 4.78 is 37.3. The minimum absolute atomic E-state index is 0.0554. The third kappa shape index (κ3) is 5.03. The number of nitrogens with one attached hydrogen (secondary N) is 1. The van der Waals surface area contributed by atoms with Crippen LogP contribution >= 0.6 is 0 Å². The van der Waals surface area contributed by atoms with Crippen LogP contribution in [0.2, 0.25) is 0 Å². The molecule has 106 valence electrons. The molecule has 5 heteroatoms. The number of hydrogen-bond donors (Lipinski definition) is 1. The van der Waals surface area contributed by atoms with Crippen molar-refractivity contribution < 1.29 is 13.2 Å². The van der Waals surface area contributed by atoms with Gasteiger partial charge in [0.1, 0.15) is 0 Å². The SMILES string of the molecule is C/C=C(/CNC(C)(C)C)c1ccc(C(F)(F)F)cn1. The van der Waals surface area contributed by atoms with E-state index in [4.69, 9.17) is 0 Å². The fraction of sp³-hybridized carbons (Fsp3) is 0.500. The fourth-order valence-electron chi connectivity index (χ4n) is 1.45. The van der Waals surface area contributed by atoms with Gasteiger partial charge in [0.25, 0.3) is 0 Å². The molecule has 0 aromatic carbocycles. The lowest BCUT2D eigenvalue weighted by atomic mass is 10.1. The van der Waals surface area contributed by atoms with Gasteiger partial charge in [0, 0.05) is 18.3 Å². The Morgan fingerprint density at radius 1 is 1.26 bits per heavy atom. The van der Waals surface area contributed by atoms with E-state index in [0.29, 0.717) is 12.2 Å². The van der Waals surface area contributed by atoms with Gasteiger partial charge >= 0.3 is 6.18 Å². The lowest BCUT2D eigenvalue weighted by molar-refractivity contribution is -0.137. The van der Waals surface area contributed by atoms with E-state index in [1.54, 1.807) is 0 Å². The number of aromatic nitrogens is 1. The van der Waals surface area contributed by atoms with Crippen LogP contribution in [0.5, 0.6) is 0 Å². The maximum absolute atomic E-state index is 12.4. The van der Waals surface area contributed by atoms with Gasteiger partial charge < -0.3 is 5.32 Å². The first-order chi connectivity index (χ1) is 8.63. The summed E-state index contributed by atoms with van der Waals surface area (Å²) >= 11 is 0. The molecule has 0 saturated carbocycles. The zero-order valence-corrected chi connectivity index (χ0v) is 11.6. The van der Waals surface area contributed by atoms with E-state index in [2.05, 4.69) is 10.3 Å². The summed E-state index contributed by atoms with van der Waals surface area (Å²) in [7, 11) is 0. The molecule has 1 heterocycles. The van der Waals surface area contributed by atoms with Crippen LogP contribution in [0, 0.1) is 0 Å². The molecule has 0 aliphatic rings. The molecule has 0 atom stereocenters. The molecule has 0 bridgehead atoms. The predicted octanol–water partition coefficient (Wildman–Crippen LogP) is 3.89. The average molecular weight is 272 g/mol. The monoisotopic (exact) mass is 272 g/mol. The standard InChI is InChI=1S/C14H19F3N2/c1-5-10(8-19-13(2,3)4)12-7-6-11(9-18-12)14(15,16)17/h5-7,9,19H,8H2,1-4H3/b10-5-. The molecule has 0 saturated heterocycles. The third-order valence-electron chi connectivity index (χ3n) is 2.58. The van der Waals surface area contributed by atoms with Gasteiger partial charge in [0.15, 0.2) is 0 Å². The van der Waals surface area contributed by atoms with Crippen molar-refractivity contribution >= 4 is 5.57 Å². The van der Waals surface area contributed by atoms with Gasteiger partial charge in [-0.3, -0.25) is 4.98 Å². The number of pyridine rings is 1. The highest BCUT2D eigenvalue weighted by atomic mass is 19.4. The van der Waals surface area contributed by atoms with Crippen molar-refractivity contribution in [2.45, 2.75) is 39.4 Å². The van der Waals surface area contributed by atoms with E-state index in [1.807, 2.05) is 33.8 Å². The minimum Gasteiger partial charge on any atom is -0.308 e. The molecule has 0 amide bonds. The number of rotatable bonds is 3. The highest BCUT2D eigenvalue weighted by Gasteiger charge is 2.30. The summed E-state index contributed by atoms with van der Waals surface area (Å²) in [5.41, 5.74) is 0.659. The second kappa shape index (κ2) is 5.74. The Kier molecular flexibility index (Phi) is 4.74. The number of nitrogens with zero attached hydrogens (tertiary/aromatic N) is 1. The number of allylic oxidation sites excluding steroid dienone is 1. The topological polar surface area (TPSA) is 24.9 Å². The van der Waals surface area contributed by atoms with Crippen LogP contribution in [0.15, 0.2) is 24.4 Å². The largest absolute Gasteiger partial charge is 0.417 e. The molecule has 0 unspecified atom stereocenters. The molecule has 2 nitrogen and oxygen atoms in total. The molecule has 0 aliphatic heterocycles. The first kappa shape index (κ1) is 15.7. The van der Waals surface area contributed by atoms with Gasteiger partial charge in [-0.2, -0.15) is 13.2 Å². The number of alkyl halides is 3. The summed E-state index contributed by atoms with van der Waals surface area (Å²) in [5.74, 6) is 0.